The third kappa shape index (κ3) is 3.06. The average Bonchev–Trinajstić information content (AvgIpc) is 2.98. The monoisotopic (exact) mass is 396 g/mol. The van der Waals surface area contributed by atoms with E-state index in [1.54, 1.807) is 19.1 Å². The van der Waals surface area contributed by atoms with E-state index in [1.165, 1.54) is 0 Å². The molecule has 1 aromatic carbocycles. The number of ether oxygens (including phenoxy) is 3. The van der Waals surface area contributed by atoms with Crippen molar-refractivity contribution in [3.8, 4) is 11.5 Å². The van der Waals surface area contributed by atoms with Gasteiger partial charge in [0.15, 0.2) is 11.5 Å². The van der Waals surface area contributed by atoms with Crippen molar-refractivity contribution in [1.29, 1.82) is 0 Å². The third-order valence-corrected chi connectivity index (χ3v) is 4.42. The van der Waals surface area contributed by atoms with Gasteiger partial charge in [0.1, 0.15) is 0 Å². The Bertz CT molecular complexity index is 731. The second-order valence-corrected chi connectivity index (χ2v) is 6.29. The number of allylic oxidation sites excluding steroid dienone is 1. The van der Waals surface area contributed by atoms with E-state index in [0.717, 1.165) is 6.42 Å². The Kier molecular flexibility index (Phi) is 4.66. The van der Waals surface area contributed by atoms with Crippen LogP contribution in [0.2, 0.25) is 0 Å². The summed E-state index contributed by atoms with van der Waals surface area (Å²) in [6.45, 7) is 4.05. The molecule has 0 radical (unpaired) electrons. The molecule has 0 aliphatic carbocycles. The maximum Gasteiger partial charge on any atom is 0.338 e. The smallest absolute Gasteiger partial charge is 0.338 e. The molecule has 2 N–H and O–H groups in total. The topological polar surface area (TPSA) is 85.9 Å². The second kappa shape index (κ2) is 6.72. The zero-order valence-corrected chi connectivity index (χ0v) is 14.9. The number of hydrogen-bond donors (Lipinski definition) is 2. The molecule has 1 atom stereocenters. The molecule has 1 aromatic rings. The Labute approximate surface area is 147 Å². The molecule has 0 unspecified atom stereocenters. The molecule has 7 nitrogen and oxygen atoms in total. The van der Waals surface area contributed by atoms with Gasteiger partial charge < -0.3 is 24.8 Å². The Morgan fingerprint density at radius 1 is 1.38 bits per heavy atom. The van der Waals surface area contributed by atoms with Gasteiger partial charge >= 0.3 is 12.0 Å². The lowest BCUT2D eigenvalue weighted by molar-refractivity contribution is -0.139. The van der Waals surface area contributed by atoms with Crippen LogP contribution in [0.5, 0.6) is 11.5 Å². The van der Waals surface area contributed by atoms with Gasteiger partial charge in [0.05, 0.1) is 18.2 Å². The van der Waals surface area contributed by atoms with Crippen LogP contribution in [-0.2, 0) is 9.53 Å². The molecule has 0 bridgehead atoms. The number of carbonyl (C=O) groups is 2. The molecule has 2 heterocycles. The number of esters is 1. The van der Waals surface area contributed by atoms with Crippen molar-refractivity contribution in [1.82, 2.24) is 10.6 Å². The maximum atomic E-state index is 12.5. The number of halogens is 1. The summed E-state index contributed by atoms with van der Waals surface area (Å²) in [6, 6.07) is 2.49. The summed E-state index contributed by atoms with van der Waals surface area (Å²) < 4.78 is 16.7. The summed E-state index contributed by atoms with van der Waals surface area (Å²) in [6.07, 6.45) is 0.718. The van der Waals surface area contributed by atoms with Gasteiger partial charge in [-0.1, -0.05) is 22.9 Å². The number of urea groups is 1. The van der Waals surface area contributed by atoms with Crippen molar-refractivity contribution < 1.29 is 23.8 Å². The average molecular weight is 397 g/mol. The van der Waals surface area contributed by atoms with Crippen molar-refractivity contribution in [2.75, 3.05) is 13.4 Å². The maximum absolute atomic E-state index is 12.5. The van der Waals surface area contributed by atoms with Crippen molar-refractivity contribution in [3.05, 3.63) is 33.4 Å². The first-order chi connectivity index (χ1) is 11.5. The Balaban J connectivity index is 2.02. The van der Waals surface area contributed by atoms with Crippen molar-refractivity contribution in [2.45, 2.75) is 26.3 Å². The highest BCUT2D eigenvalue weighted by atomic mass is 79.9. The lowest BCUT2D eigenvalue weighted by atomic mass is 9.95. The standard InChI is InChI=1S/C16H17BrN2O5/c1-3-4-22-15(20)13-8(2)18-16(21)19-14(13)9-5-11-12(6-10(9)17)24-7-23-11/h5-6,14H,3-4,7H2,1-2H3,(H2,18,19,21)/t14-/m1/s1. The van der Waals surface area contributed by atoms with Crippen molar-refractivity contribution in [2.24, 2.45) is 0 Å². The zero-order chi connectivity index (χ0) is 17.3. The molecule has 3 rings (SSSR count). The summed E-state index contributed by atoms with van der Waals surface area (Å²) in [4.78, 5) is 24.4. The van der Waals surface area contributed by atoms with Crippen LogP contribution in [0, 0.1) is 0 Å². The van der Waals surface area contributed by atoms with Gasteiger partial charge in [-0.2, -0.15) is 0 Å². The van der Waals surface area contributed by atoms with E-state index in [2.05, 4.69) is 26.6 Å². The van der Waals surface area contributed by atoms with Crippen LogP contribution >= 0.6 is 15.9 Å². The molecule has 8 heteroatoms. The largest absolute Gasteiger partial charge is 0.462 e. The highest BCUT2D eigenvalue weighted by Gasteiger charge is 2.34. The van der Waals surface area contributed by atoms with E-state index in [4.69, 9.17) is 14.2 Å². The predicted molar refractivity (Wildman–Crippen MR) is 88.6 cm³/mol. The van der Waals surface area contributed by atoms with Gasteiger partial charge in [-0.05, 0) is 31.0 Å². The molecule has 0 fully saturated rings. The molecular formula is C16H17BrN2O5. The van der Waals surface area contributed by atoms with Crippen LogP contribution in [0.4, 0.5) is 4.79 Å². The van der Waals surface area contributed by atoms with E-state index < -0.39 is 12.0 Å². The highest BCUT2D eigenvalue weighted by molar-refractivity contribution is 9.10. The van der Waals surface area contributed by atoms with Crippen LogP contribution in [-0.4, -0.2) is 25.4 Å². The molecule has 0 saturated heterocycles. The van der Waals surface area contributed by atoms with Crippen LogP contribution in [0.3, 0.4) is 0 Å². The van der Waals surface area contributed by atoms with Crippen LogP contribution < -0.4 is 20.1 Å². The van der Waals surface area contributed by atoms with Crippen LogP contribution in [0.25, 0.3) is 0 Å². The summed E-state index contributed by atoms with van der Waals surface area (Å²) in [7, 11) is 0. The fourth-order valence-electron chi connectivity index (χ4n) is 2.62. The van der Waals surface area contributed by atoms with Gasteiger partial charge in [0.2, 0.25) is 6.79 Å². The summed E-state index contributed by atoms with van der Waals surface area (Å²) in [5.74, 6) is 0.720. The van der Waals surface area contributed by atoms with Gasteiger partial charge in [-0.25, -0.2) is 9.59 Å². The van der Waals surface area contributed by atoms with Crippen molar-refractivity contribution in [3.63, 3.8) is 0 Å². The van der Waals surface area contributed by atoms with Crippen LogP contribution in [0.1, 0.15) is 31.9 Å². The first kappa shape index (κ1) is 16.6. The van der Waals surface area contributed by atoms with Gasteiger partial charge in [0.25, 0.3) is 0 Å². The lowest BCUT2D eigenvalue weighted by Crippen LogP contribution is -2.45. The second-order valence-electron chi connectivity index (χ2n) is 5.43. The molecule has 0 saturated carbocycles. The van der Waals surface area contributed by atoms with E-state index in [-0.39, 0.29) is 12.8 Å². The van der Waals surface area contributed by atoms with E-state index >= 15 is 0 Å². The quantitative estimate of drug-likeness (QED) is 0.764. The minimum Gasteiger partial charge on any atom is -0.462 e. The number of fused-ring (bicyclic) bond motifs is 1. The Morgan fingerprint density at radius 3 is 2.79 bits per heavy atom. The fraction of sp³-hybridized carbons (Fsp3) is 0.375. The Morgan fingerprint density at radius 2 is 2.08 bits per heavy atom. The molecule has 0 aromatic heterocycles. The summed E-state index contributed by atoms with van der Waals surface area (Å²) in [5, 5.41) is 5.38. The van der Waals surface area contributed by atoms with Gasteiger partial charge in [0, 0.05) is 10.2 Å². The lowest BCUT2D eigenvalue weighted by Gasteiger charge is -2.28. The number of benzene rings is 1. The molecule has 2 aliphatic rings. The molecule has 2 amide bonds. The molecule has 2 aliphatic heterocycles. The molecule has 0 spiro atoms. The number of nitrogens with one attached hydrogen (secondary N) is 2. The minimum absolute atomic E-state index is 0.143. The van der Waals surface area contributed by atoms with E-state index in [0.29, 0.717) is 39.4 Å². The molecule has 24 heavy (non-hydrogen) atoms. The number of hydrogen-bond acceptors (Lipinski definition) is 5. The number of rotatable bonds is 4. The van der Waals surface area contributed by atoms with E-state index in [9.17, 15) is 9.59 Å². The number of amides is 2. The van der Waals surface area contributed by atoms with E-state index in [1.807, 2.05) is 6.92 Å². The Hall–Kier alpha value is -2.22. The molecule has 128 valence electrons. The first-order valence-corrected chi connectivity index (χ1v) is 8.35. The van der Waals surface area contributed by atoms with Crippen LogP contribution in [0.15, 0.2) is 27.9 Å². The first-order valence-electron chi connectivity index (χ1n) is 7.55. The van der Waals surface area contributed by atoms with Gasteiger partial charge in [-0.15, -0.1) is 0 Å². The summed E-state index contributed by atoms with van der Waals surface area (Å²) in [5.41, 5.74) is 1.52. The van der Waals surface area contributed by atoms with Crippen molar-refractivity contribution >= 4 is 27.9 Å². The molecular weight excluding hydrogens is 380 g/mol. The SMILES string of the molecule is CCCOC(=O)C1=C(C)NC(=O)N[C@@H]1c1cc2c(cc1Br)OCO2. The predicted octanol–water partition coefficient (Wildman–Crippen LogP) is 2.76. The third-order valence-electron chi connectivity index (χ3n) is 3.73. The minimum atomic E-state index is -0.646. The number of carbonyl (C=O) groups excluding carboxylic acids is 2. The van der Waals surface area contributed by atoms with Gasteiger partial charge in [-0.3, -0.25) is 0 Å². The zero-order valence-electron chi connectivity index (χ0n) is 13.3. The summed E-state index contributed by atoms with van der Waals surface area (Å²) >= 11 is 3.47. The fourth-order valence-corrected chi connectivity index (χ4v) is 3.18. The normalized spacial score (nSPS) is 19.0. The highest BCUT2D eigenvalue weighted by Crippen LogP contribution is 2.41.